The van der Waals surface area contributed by atoms with E-state index in [1.54, 1.807) is 37.3 Å². The number of rotatable bonds is 5. The molecule has 0 spiro atoms. The maximum atomic E-state index is 14.0. The molecule has 0 aliphatic heterocycles. The summed E-state index contributed by atoms with van der Waals surface area (Å²) in [4.78, 5) is 25.1. The standard InChI is InChI=1S/C19H14ClFN2O4/c1-11-10-15(23-27-11)22-18(24)17(12-6-3-2-4-7-12)26-19(25)16-13(20)8-5-9-14(16)21/h2-10,17H,1H3,(H,22,23,24). The van der Waals surface area contributed by atoms with Crippen LogP contribution in [0.5, 0.6) is 0 Å². The van der Waals surface area contributed by atoms with E-state index in [9.17, 15) is 14.0 Å². The van der Waals surface area contributed by atoms with Crippen LogP contribution in [0.2, 0.25) is 5.02 Å². The van der Waals surface area contributed by atoms with Gasteiger partial charge in [0.25, 0.3) is 5.91 Å². The molecule has 3 rings (SSSR count). The van der Waals surface area contributed by atoms with Gasteiger partial charge in [-0.25, -0.2) is 9.18 Å². The van der Waals surface area contributed by atoms with E-state index in [2.05, 4.69) is 10.5 Å². The summed E-state index contributed by atoms with van der Waals surface area (Å²) in [6.07, 6.45) is -1.34. The third kappa shape index (κ3) is 4.32. The van der Waals surface area contributed by atoms with E-state index in [-0.39, 0.29) is 10.8 Å². The first-order valence-electron chi connectivity index (χ1n) is 7.90. The Kier molecular flexibility index (Phi) is 5.52. The predicted molar refractivity (Wildman–Crippen MR) is 95.9 cm³/mol. The van der Waals surface area contributed by atoms with Crippen LogP contribution in [0.4, 0.5) is 10.2 Å². The molecule has 0 aliphatic rings. The second kappa shape index (κ2) is 8.01. The van der Waals surface area contributed by atoms with E-state index < -0.39 is 29.4 Å². The minimum absolute atomic E-state index is 0.112. The SMILES string of the molecule is Cc1cc(NC(=O)C(OC(=O)c2c(F)cccc2Cl)c2ccccc2)no1. The molecule has 0 saturated carbocycles. The van der Waals surface area contributed by atoms with Gasteiger partial charge in [0.05, 0.1) is 5.02 Å². The molecule has 2 aromatic carbocycles. The lowest BCUT2D eigenvalue weighted by atomic mass is 10.1. The van der Waals surface area contributed by atoms with Crippen LogP contribution in [-0.2, 0) is 9.53 Å². The van der Waals surface area contributed by atoms with E-state index in [0.29, 0.717) is 11.3 Å². The number of esters is 1. The van der Waals surface area contributed by atoms with Crippen molar-refractivity contribution in [2.45, 2.75) is 13.0 Å². The van der Waals surface area contributed by atoms with Gasteiger partial charge in [-0.1, -0.05) is 53.2 Å². The molecular weight excluding hydrogens is 375 g/mol. The van der Waals surface area contributed by atoms with Crippen molar-refractivity contribution < 1.29 is 23.2 Å². The number of carbonyl (C=O) groups is 2. The highest BCUT2D eigenvalue weighted by Crippen LogP contribution is 2.25. The molecule has 1 heterocycles. The number of hydrogen-bond acceptors (Lipinski definition) is 5. The van der Waals surface area contributed by atoms with Crippen molar-refractivity contribution in [3.8, 4) is 0 Å². The number of amides is 1. The third-order valence-corrected chi connectivity index (χ3v) is 3.93. The first-order valence-corrected chi connectivity index (χ1v) is 8.27. The minimum atomic E-state index is -1.34. The van der Waals surface area contributed by atoms with E-state index in [1.807, 2.05) is 0 Å². The van der Waals surface area contributed by atoms with Crippen LogP contribution in [0.1, 0.15) is 27.8 Å². The van der Waals surface area contributed by atoms with Crippen molar-refractivity contribution in [3.05, 3.63) is 82.3 Å². The first-order chi connectivity index (χ1) is 13.0. The summed E-state index contributed by atoms with van der Waals surface area (Å²) < 4.78 is 24.2. The zero-order valence-corrected chi connectivity index (χ0v) is 14.9. The zero-order chi connectivity index (χ0) is 19.4. The number of carbonyl (C=O) groups excluding carboxylic acids is 2. The number of ether oxygens (including phenoxy) is 1. The van der Waals surface area contributed by atoms with Crippen LogP contribution in [0.15, 0.2) is 59.1 Å². The van der Waals surface area contributed by atoms with Crippen molar-refractivity contribution >= 4 is 29.3 Å². The summed E-state index contributed by atoms with van der Waals surface area (Å²) in [6, 6.07) is 13.6. The molecule has 138 valence electrons. The summed E-state index contributed by atoms with van der Waals surface area (Å²) in [5, 5.41) is 6.06. The Hall–Kier alpha value is -3.19. The molecule has 1 amide bonds. The van der Waals surface area contributed by atoms with Crippen LogP contribution in [0, 0.1) is 12.7 Å². The fourth-order valence-corrected chi connectivity index (χ4v) is 2.62. The Labute approximate surface area is 158 Å². The molecule has 0 fully saturated rings. The Morgan fingerprint density at radius 2 is 1.93 bits per heavy atom. The highest BCUT2D eigenvalue weighted by Gasteiger charge is 2.28. The lowest BCUT2D eigenvalue weighted by molar-refractivity contribution is -0.125. The average Bonchev–Trinajstić information content (AvgIpc) is 3.05. The van der Waals surface area contributed by atoms with Gasteiger partial charge in [-0.05, 0) is 19.1 Å². The molecule has 0 saturated heterocycles. The van der Waals surface area contributed by atoms with Gasteiger partial charge in [0.1, 0.15) is 17.1 Å². The molecule has 8 heteroatoms. The quantitative estimate of drug-likeness (QED) is 0.658. The summed E-state index contributed by atoms with van der Waals surface area (Å²) in [5.41, 5.74) is -0.0405. The summed E-state index contributed by atoms with van der Waals surface area (Å²) in [5.74, 6) is -1.91. The van der Waals surface area contributed by atoms with Gasteiger partial charge in [-0.2, -0.15) is 0 Å². The van der Waals surface area contributed by atoms with Crippen molar-refractivity contribution in [1.29, 1.82) is 0 Å². The van der Waals surface area contributed by atoms with Crippen molar-refractivity contribution in [1.82, 2.24) is 5.16 Å². The Morgan fingerprint density at radius 1 is 1.19 bits per heavy atom. The number of benzene rings is 2. The van der Waals surface area contributed by atoms with E-state index in [4.69, 9.17) is 20.9 Å². The van der Waals surface area contributed by atoms with E-state index in [0.717, 1.165) is 6.07 Å². The summed E-state index contributed by atoms with van der Waals surface area (Å²) in [7, 11) is 0. The monoisotopic (exact) mass is 388 g/mol. The molecule has 1 unspecified atom stereocenters. The average molecular weight is 389 g/mol. The number of hydrogen-bond donors (Lipinski definition) is 1. The maximum absolute atomic E-state index is 14.0. The smallest absolute Gasteiger partial charge is 0.343 e. The highest BCUT2D eigenvalue weighted by atomic mass is 35.5. The molecule has 6 nitrogen and oxygen atoms in total. The van der Waals surface area contributed by atoms with Crippen LogP contribution in [0.25, 0.3) is 0 Å². The van der Waals surface area contributed by atoms with Gasteiger partial charge in [0, 0.05) is 11.6 Å². The van der Waals surface area contributed by atoms with Gasteiger partial charge in [-0.3, -0.25) is 4.79 Å². The van der Waals surface area contributed by atoms with E-state index >= 15 is 0 Å². The van der Waals surface area contributed by atoms with Crippen LogP contribution in [0.3, 0.4) is 0 Å². The fraction of sp³-hybridized carbons (Fsp3) is 0.105. The predicted octanol–water partition coefficient (Wildman–Crippen LogP) is 4.31. The molecule has 1 atom stereocenters. The maximum Gasteiger partial charge on any atom is 0.343 e. The van der Waals surface area contributed by atoms with Crippen LogP contribution >= 0.6 is 11.6 Å². The number of aromatic nitrogens is 1. The molecule has 0 radical (unpaired) electrons. The van der Waals surface area contributed by atoms with Crippen LogP contribution < -0.4 is 5.32 Å². The van der Waals surface area contributed by atoms with Gasteiger partial charge in [0.2, 0.25) is 6.10 Å². The first kappa shape index (κ1) is 18.6. The van der Waals surface area contributed by atoms with Crippen molar-refractivity contribution in [3.63, 3.8) is 0 Å². The zero-order valence-electron chi connectivity index (χ0n) is 14.1. The van der Waals surface area contributed by atoms with E-state index in [1.165, 1.54) is 18.2 Å². The number of aryl methyl sites for hydroxylation is 1. The van der Waals surface area contributed by atoms with Gasteiger partial charge in [-0.15, -0.1) is 0 Å². The van der Waals surface area contributed by atoms with Crippen molar-refractivity contribution in [2.75, 3.05) is 5.32 Å². The molecule has 1 N–H and O–H groups in total. The second-order valence-corrected chi connectivity index (χ2v) is 6.01. The van der Waals surface area contributed by atoms with Crippen molar-refractivity contribution in [2.24, 2.45) is 0 Å². The van der Waals surface area contributed by atoms with Gasteiger partial charge < -0.3 is 14.6 Å². The van der Waals surface area contributed by atoms with Gasteiger partial charge >= 0.3 is 5.97 Å². The fourth-order valence-electron chi connectivity index (χ4n) is 2.38. The minimum Gasteiger partial charge on any atom is -0.444 e. The Morgan fingerprint density at radius 3 is 2.56 bits per heavy atom. The summed E-state index contributed by atoms with van der Waals surface area (Å²) in [6.45, 7) is 1.66. The normalized spacial score (nSPS) is 11.7. The Balaban J connectivity index is 1.88. The molecule has 3 aromatic rings. The third-order valence-electron chi connectivity index (χ3n) is 3.61. The highest BCUT2D eigenvalue weighted by molar-refractivity contribution is 6.33. The van der Waals surface area contributed by atoms with Crippen LogP contribution in [-0.4, -0.2) is 17.0 Å². The molecule has 0 bridgehead atoms. The molecule has 0 aliphatic carbocycles. The molecular formula is C19H14ClFN2O4. The molecule has 1 aromatic heterocycles. The lowest BCUT2D eigenvalue weighted by Crippen LogP contribution is -2.26. The Bertz CT molecular complexity index is 955. The number of halogens is 2. The molecule has 27 heavy (non-hydrogen) atoms. The number of nitrogens with one attached hydrogen (secondary N) is 1. The number of anilines is 1. The largest absolute Gasteiger partial charge is 0.444 e. The van der Waals surface area contributed by atoms with Gasteiger partial charge in [0.15, 0.2) is 5.82 Å². The summed E-state index contributed by atoms with van der Waals surface area (Å²) >= 11 is 5.90. The second-order valence-electron chi connectivity index (χ2n) is 5.60. The number of nitrogens with zero attached hydrogens (tertiary/aromatic N) is 1. The lowest BCUT2D eigenvalue weighted by Gasteiger charge is -2.18. The topological polar surface area (TPSA) is 81.4 Å².